The average molecular weight is 296 g/mol. The van der Waals surface area contributed by atoms with Gasteiger partial charge in [-0.15, -0.1) is 0 Å². The van der Waals surface area contributed by atoms with Gasteiger partial charge >= 0.3 is 0 Å². The third-order valence-electron chi connectivity index (χ3n) is 3.06. The second kappa shape index (κ2) is 8.74. The molecule has 0 aliphatic heterocycles. The Kier molecular flexibility index (Phi) is 7.32. The molecule has 0 fully saturated rings. The number of aliphatic hydroxyl groups excluding tert-OH is 1. The van der Waals surface area contributed by atoms with Gasteiger partial charge in [0.05, 0.1) is 6.10 Å². The maximum absolute atomic E-state index is 12.8. The first-order valence-corrected chi connectivity index (χ1v) is 7.33. The predicted molar refractivity (Wildman–Crippen MR) is 82.6 cm³/mol. The summed E-state index contributed by atoms with van der Waals surface area (Å²) in [7, 11) is 0. The minimum absolute atomic E-state index is 0.0349. The Morgan fingerprint density at radius 2 is 1.86 bits per heavy atom. The van der Waals surface area contributed by atoms with Crippen molar-refractivity contribution < 1.29 is 14.3 Å². The van der Waals surface area contributed by atoms with Gasteiger partial charge in [-0.1, -0.05) is 13.8 Å². The van der Waals surface area contributed by atoms with Crippen LogP contribution in [0, 0.1) is 11.7 Å². The van der Waals surface area contributed by atoms with Crippen LogP contribution in [0.5, 0.6) is 0 Å². The van der Waals surface area contributed by atoms with Gasteiger partial charge in [-0.3, -0.25) is 4.79 Å². The van der Waals surface area contributed by atoms with Crippen LogP contribution in [0.2, 0.25) is 0 Å². The summed E-state index contributed by atoms with van der Waals surface area (Å²) in [5.74, 6) is -0.0268. The van der Waals surface area contributed by atoms with E-state index in [-0.39, 0.29) is 17.8 Å². The number of rotatable bonds is 8. The minimum atomic E-state index is -0.396. The molecule has 2 atom stereocenters. The number of halogens is 1. The molecule has 0 bridgehead atoms. The predicted octanol–water partition coefficient (Wildman–Crippen LogP) is 2.54. The third kappa shape index (κ3) is 7.78. The molecule has 0 aliphatic rings. The number of carbonyl (C=O) groups is 1. The molecule has 0 spiro atoms. The largest absolute Gasteiger partial charge is 0.392 e. The highest BCUT2D eigenvalue weighted by Gasteiger charge is 2.12. The number of hydrogen-bond acceptors (Lipinski definition) is 3. The van der Waals surface area contributed by atoms with Gasteiger partial charge in [-0.2, -0.15) is 0 Å². The van der Waals surface area contributed by atoms with E-state index in [4.69, 9.17) is 0 Å². The van der Waals surface area contributed by atoms with Crippen molar-refractivity contribution in [1.82, 2.24) is 5.32 Å². The van der Waals surface area contributed by atoms with Gasteiger partial charge in [0.2, 0.25) is 5.91 Å². The molecule has 0 aromatic heterocycles. The monoisotopic (exact) mass is 296 g/mol. The molecule has 0 radical (unpaired) electrons. The Bertz CT molecular complexity index is 434. The van der Waals surface area contributed by atoms with E-state index < -0.39 is 6.10 Å². The topological polar surface area (TPSA) is 61.4 Å². The highest BCUT2D eigenvalue weighted by molar-refractivity contribution is 5.91. The van der Waals surface area contributed by atoms with Crippen molar-refractivity contribution in [2.75, 3.05) is 11.9 Å². The van der Waals surface area contributed by atoms with Crippen LogP contribution in [-0.2, 0) is 4.79 Å². The molecule has 0 aliphatic carbocycles. The smallest absolute Gasteiger partial charge is 0.225 e. The van der Waals surface area contributed by atoms with E-state index in [1.807, 2.05) is 6.92 Å². The van der Waals surface area contributed by atoms with Crippen molar-refractivity contribution in [2.45, 2.75) is 45.8 Å². The van der Waals surface area contributed by atoms with Crippen LogP contribution in [0.4, 0.5) is 10.1 Å². The zero-order chi connectivity index (χ0) is 15.8. The van der Waals surface area contributed by atoms with E-state index in [1.165, 1.54) is 24.3 Å². The van der Waals surface area contributed by atoms with E-state index in [1.54, 1.807) is 0 Å². The Hall–Kier alpha value is -1.46. The average Bonchev–Trinajstić information content (AvgIpc) is 2.38. The molecule has 1 rings (SSSR count). The lowest BCUT2D eigenvalue weighted by Crippen LogP contribution is -2.36. The third-order valence-corrected chi connectivity index (χ3v) is 3.06. The first kappa shape index (κ1) is 17.6. The van der Waals surface area contributed by atoms with Crippen molar-refractivity contribution in [3.63, 3.8) is 0 Å². The number of nitrogens with one attached hydrogen (secondary N) is 2. The number of benzene rings is 1. The first-order valence-electron chi connectivity index (χ1n) is 7.33. The Morgan fingerprint density at radius 3 is 2.43 bits per heavy atom. The van der Waals surface area contributed by atoms with Gasteiger partial charge < -0.3 is 15.7 Å². The second-order valence-electron chi connectivity index (χ2n) is 5.85. The van der Waals surface area contributed by atoms with Crippen LogP contribution in [0.25, 0.3) is 0 Å². The number of anilines is 1. The summed E-state index contributed by atoms with van der Waals surface area (Å²) in [6.45, 7) is 6.49. The summed E-state index contributed by atoms with van der Waals surface area (Å²) in [6, 6.07) is 5.63. The molecule has 1 amide bonds. The van der Waals surface area contributed by atoms with Crippen molar-refractivity contribution >= 4 is 11.6 Å². The molecule has 118 valence electrons. The lowest BCUT2D eigenvalue weighted by atomic mass is 10.1. The van der Waals surface area contributed by atoms with Crippen molar-refractivity contribution in [1.29, 1.82) is 0 Å². The number of carbonyl (C=O) groups excluding carboxylic acids is 1. The lowest BCUT2D eigenvalue weighted by Gasteiger charge is -2.18. The Morgan fingerprint density at radius 1 is 1.24 bits per heavy atom. The van der Waals surface area contributed by atoms with Crippen LogP contribution in [0.15, 0.2) is 24.3 Å². The van der Waals surface area contributed by atoms with Crippen molar-refractivity contribution in [3.05, 3.63) is 30.1 Å². The molecule has 3 N–H and O–H groups in total. The van der Waals surface area contributed by atoms with Crippen LogP contribution in [0.1, 0.15) is 33.6 Å². The van der Waals surface area contributed by atoms with E-state index in [0.29, 0.717) is 24.6 Å². The van der Waals surface area contributed by atoms with E-state index >= 15 is 0 Å². The highest BCUT2D eigenvalue weighted by atomic mass is 19.1. The molecule has 4 nitrogen and oxygen atoms in total. The van der Waals surface area contributed by atoms with Gasteiger partial charge in [0.25, 0.3) is 0 Å². The maximum Gasteiger partial charge on any atom is 0.225 e. The lowest BCUT2D eigenvalue weighted by molar-refractivity contribution is -0.116. The standard InChI is InChI=1S/C16H25FN2O2/c1-11(2)8-15(20)10-18-12(3)9-16(21)19-14-6-4-13(17)5-7-14/h4-7,11-12,15,18,20H,8-10H2,1-3H3,(H,19,21). The quantitative estimate of drug-likeness (QED) is 0.691. The zero-order valence-electron chi connectivity index (χ0n) is 12.9. The van der Waals surface area contributed by atoms with E-state index in [2.05, 4.69) is 24.5 Å². The van der Waals surface area contributed by atoms with E-state index in [0.717, 1.165) is 6.42 Å². The van der Waals surface area contributed by atoms with Crippen molar-refractivity contribution in [2.24, 2.45) is 5.92 Å². The van der Waals surface area contributed by atoms with Crippen LogP contribution < -0.4 is 10.6 Å². The Labute approximate surface area is 125 Å². The minimum Gasteiger partial charge on any atom is -0.392 e. The molecular formula is C16H25FN2O2. The molecule has 21 heavy (non-hydrogen) atoms. The molecule has 0 heterocycles. The summed E-state index contributed by atoms with van der Waals surface area (Å²) in [4.78, 5) is 11.8. The van der Waals surface area contributed by atoms with Crippen molar-refractivity contribution in [3.8, 4) is 0 Å². The SMILES string of the molecule is CC(C)CC(O)CNC(C)CC(=O)Nc1ccc(F)cc1. The summed E-state index contributed by atoms with van der Waals surface area (Å²) < 4.78 is 12.8. The normalized spacial score (nSPS) is 14.0. The molecule has 5 heteroatoms. The first-order chi connectivity index (χ1) is 9.86. The van der Waals surface area contributed by atoms with Gasteiger partial charge in [0.15, 0.2) is 0 Å². The number of aliphatic hydroxyl groups is 1. The fraction of sp³-hybridized carbons (Fsp3) is 0.562. The summed E-state index contributed by atoms with van der Waals surface area (Å²) >= 11 is 0. The Balaban J connectivity index is 2.28. The second-order valence-corrected chi connectivity index (χ2v) is 5.85. The van der Waals surface area contributed by atoms with Crippen LogP contribution >= 0.6 is 0 Å². The van der Waals surface area contributed by atoms with Gasteiger partial charge in [-0.25, -0.2) is 4.39 Å². The van der Waals surface area contributed by atoms with Gasteiger partial charge in [-0.05, 0) is 43.5 Å². The highest BCUT2D eigenvalue weighted by Crippen LogP contribution is 2.09. The van der Waals surface area contributed by atoms with E-state index in [9.17, 15) is 14.3 Å². The van der Waals surface area contributed by atoms with Gasteiger partial charge in [0.1, 0.15) is 5.82 Å². The van der Waals surface area contributed by atoms with Gasteiger partial charge in [0, 0.05) is 24.7 Å². The molecule has 0 saturated carbocycles. The summed E-state index contributed by atoms with van der Waals surface area (Å²) in [6.07, 6.45) is 0.639. The number of amides is 1. The molecular weight excluding hydrogens is 271 g/mol. The number of hydrogen-bond donors (Lipinski definition) is 3. The van der Waals surface area contributed by atoms with Crippen LogP contribution in [0.3, 0.4) is 0 Å². The zero-order valence-corrected chi connectivity index (χ0v) is 12.9. The molecule has 1 aromatic rings. The van der Waals surface area contributed by atoms with Crippen LogP contribution in [-0.4, -0.2) is 29.7 Å². The fourth-order valence-corrected chi connectivity index (χ4v) is 2.06. The molecule has 1 aromatic carbocycles. The molecule has 2 unspecified atom stereocenters. The fourth-order valence-electron chi connectivity index (χ4n) is 2.06. The molecule has 0 saturated heterocycles. The maximum atomic E-state index is 12.8. The summed E-state index contributed by atoms with van der Waals surface area (Å²) in [5.41, 5.74) is 0.577. The summed E-state index contributed by atoms with van der Waals surface area (Å²) in [5, 5.41) is 15.6.